The van der Waals surface area contributed by atoms with E-state index in [1.807, 2.05) is 6.92 Å². The molecule has 1 saturated carbocycles. The van der Waals surface area contributed by atoms with Crippen molar-refractivity contribution in [3.8, 4) is 23.0 Å². The van der Waals surface area contributed by atoms with E-state index in [1.54, 1.807) is 18.2 Å². The molecule has 1 fully saturated rings. The van der Waals surface area contributed by atoms with Gasteiger partial charge in [-0.25, -0.2) is 4.39 Å². The SMILES string of the molecule is COc1cc2nccc(Oc3ccc(NC(=O)C4(C)CC4)cc3F)c2cc1O. The number of hydrogen-bond donors (Lipinski definition) is 2. The van der Waals surface area contributed by atoms with Crippen LogP contribution < -0.4 is 14.8 Å². The number of hydrogen-bond acceptors (Lipinski definition) is 5. The van der Waals surface area contributed by atoms with Crippen molar-refractivity contribution in [2.45, 2.75) is 19.8 Å². The van der Waals surface area contributed by atoms with Crippen LogP contribution in [-0.2, 0) is 4.79 Å². The number of halogens is 1. The minimum atomic E-state index is -0.610. The fourth-order valence-corrected chi connectivity index (χ4v) is 2.87. The average Bonchev–Trinajstić information content (AvgIpc) is 3.43. The summed E-state index contributed by atoms with van der Waals surface area (Å²) in [5, 5.41) is 13.3. The predicted molar refractivity (Wildman–Crippen MR) is 102 cm³/mol. The fraction of sp³-hybridized carbons (Fsp3) is 0.238. The third-order valence-corrected chi connectivity index (χ3v) is 4.96. The zero-order chi connectivity index (χ0) is 19.9. The zero-order valence-corrected chi connectivity index (χ0v) is 15.5. The molecule has 1 amide bonds. The highest BCUT2D eigenvalue weighted by molar-refractivity contribution is 5.96. The number of nitrogens with zero attached hydrogens (tertiary/aromatic N) is 1. The molecule has 0 unspecified atom stereocenters. The van der Waals surface area contributed by atoms with E-state index in [0.29, 0.717) is 22.3 Å². The first-order valence-electron chi connectivity index (χ1n) is 8.84. The number of phenolic OH excluding ortho intramolecular Hbond substituents is 1. The first-order valence-corrected chi connectivity index (χ1v) is 8.84. The topological polar surface area (TPSA) is 80.7 Å². The Bertz CT molecular complexity index is 1080. The molecule has 28 heavy (non-hydrogen) atoms. The van der Waals surface area contributed by atoms with Crippen LogP contribution in [-0.4, -0.2) is 23.1 Å². The zero-order valence-electron chi connectivity index (χ0n) is 15.5. The molecule has 1 aromatic heterocycles. The lowest BCUT2D eigenvalue weighted by molar-refractivity contribution is -0.120. The van der Waals surface area contributed by atoms with Crippen LogP contribution in [0.3, 0.4) is 0 Å². The van der Waals surface area contributed by atoms with Crippen LogP contribution in [0.4, 0.5) is 10.1 Å². The molecule has 1 heterocycles. The minimum Gasteiger partial charge on any atom is -0.504 e. The molecule has 7 heteroatoms. The Morgan fingerprint density at radius 1 is 1.18 bits per heavy atom. The number of pyridine rings is 1. The van der Waals surface area contributed by atoms with Crippen molar-refractivity contribution in [2.75, 3.05) is 12.4 Å². The largest absolute Gasteiger partial charge is 0.504 e. The number of benzene rings is 2. The number of anilines is 1. The van der Waals surface area contributed by atoms with Crippen LogP contribution in [0.5, 0.6) is 23.0 Å². The van der Waals surface area contributed by atoms with Gasteiger partial charge in [-0.15, -0.1) is 0 Å². The van der Waals surface area contributed by atoms with Crippen LogP contribution in [0.2, 0.25) is 0 Å². The molecule has 0 radical (unpaired) electrons. The van der Waals surface area contributed by atoms with Crippen molar-refractivity contribution in [3.63, 3.8) is 0 Å². The molecule has 2 N–H and O–H groups in total. The van der Waals surface area contributed by atoms with Gasteiger partial charge in [0.2, 0.25) is 5.91 Å². The molecule has 3 aromatic rings. The second-order valence-electron chi connectivity index (χ2n) is 7.11. The smallest absolute Gasteiger partial charge is 0.230 e. The van der Waals surface area contributed by atoms with Crippen LogP contribution in [0.1, 0.15) is 19.8 Å². The number of phenols is 1. The summed E-state index contributed by atoms with van der Waals surface area (Å²) in [7, 11) is 1.44. The number of aromatic hydroxyl groups is 1. The Balaban J connectivity index is 1.60. The summed E-state index contributed by atoms with van der Waals surface area (Å²) in [4.78, 5) is 16.3. The molecule has 0 spiro atoms. The molecule has 4 rings (SSSR count). The number of ether oxygens (including phenoxy) is 2. The summed E-state index contributed by atoms with van der Waals surface area (Å²) < 4.78 is 25.3. The standard InChI is InChI=1S/C21H19FN2O4/c1-21(6-7-21)20(26)24-12-3-4-18(14(22)9-12)28-17-5-8-23-15-11-19(27-2)16(25)10-13(15)17/h3-5,8-11,25H,6-7H2,1-2H3,(H,24,26). The number of fused-ring (bicyclic) bond motifs is 1. The molecular formula is C21H19FN2O4. The lowest BCUT2D eigenvalue weighted by Gasteiger charge is -2.13. The number of amides is 1. The summed E-state index contributed by atoms with van der Waals surface area (Å²) >= 11 is 0. The maximum absolute atomic E-state index is 14.5. The summed E-state index contributed by atoms with van der Waals surface area (Å²) in [6.45, 7) is 1.88. The van der Waals surface area contributed by atoms with Crippen LogP contribution in [0.25, 0.3) is 10.9 Å². The Hall–Kier alpha value is -3.35. The summed E-state index contributed by atoms with van der Waals surface area (Å²) in [6.07, 6.45) is 3.21. The number of methoxy groups -OCH3 is 1. The van der Waals surface area contributed by atoms with Gasteiger partial charge >= 0.3 is 0 Å². The van der Waals surface area contributed by atoms with E-state index < -0.39 is 5.82 Å². The van der Waals surface area contributed by atoms with Gasteiger partial charge in [-0.1, -0.05) is 6.92 Å². The van der Waals surface area contributed by atoms with E-state index in [0.717, 1.165) is 12.8 Å². The van der Waals surface area contributed by atoms with Gasteiger partial charge in [0, 0.05) is 34.8 Å². The molecule has 1 aliphatic carbocycles. The number of carbonyl (C=O) groups is 1. The van der Waals surface area contributed by atoms with Gasteiger partial charge in [-0.05, 0) is 37.1 Å². The molecule has 0 bridgehead atoms. The van der Waals surface area contributed by atoms with E-state index in [4.69, 9.17) is 9.47 Å². The Morgan fingerprint density at radius 3 is 2.64 bits per heavy atom. The molecular weight excluding hydrogens is 363 g/mol. The average molecular weight is 382 g/mol. The summed E-state index contributed by atoms with van der Waals surface area (Å²) in [5.41, 5.74) is 0.573. The van der Waals surface area contributed by atoms with E-state index in [9.17, 15) is 14.3 Å². The minimum absolute atomic E-state index is 0.00144. The quantitative estimate of drug-likeness (QED) is 0.673. The Labute approximate surface area is 160 Å². The molecule has 0 saturated heterocycles. The monoisotopic (exact) mass is 382 g/mol. The van der Waals surface area contributed by atoms with E-state index >= 15 is 0 Å². The van der Waals surface area contributed by atoms with Gasteiger partial charge in [0.25, 0.3) is 0 Å². The van der Waals surface area contributed by atoms with Crippen molar-refractivity contribution >= 4 is 22.5 Å². The normalized spacial score (nSPS) is 14.5. The fourth-order valence-electron chi connectivity index (χ4n) is 2.87. The molecule has 0 aliphatic heterocycles. The second-order valence-corrected chi connectivity index (χ2v) is 7.11. The highest BCUT2D eigenvalue weighted by atomic mass is 19.1. The summed E-state index contributed by atoms with van der Waals surface area (Å²) in [6, 6.07) is 8.88. The van der Waals surface area contributed by atoms with Crippen LogP contribution in [0, 0.1) is 11.2 Å². The van der Waals surface area contributed by atoms with Gasteiger partial charge in [0.1, 0.15) is 5.75 Å². The molecule has 2 aromatic carbocycles. The maximum atomic E-state index is 14.5. The Kier molecular flexibility index (Phi) is 4.30. The van der Waals surface area contributed by atoms with Crippen molar-refractivity contribution in [1.29, 1.82) is 0 Å². The van der Waals surface area contributed by atoms with Gasteiger partial charge in [-0.3, -0.25) is 9.78 Å². The van der Waals surface area contributed by atoms with Gasteiger partial charge in [-0.2, -0.15) is 0 Å². The molecule has 144 valence electrons. The number of carbonyl (C=O) groups excluding carboxylic acids is 1. The predicted octanol–water partition coefficient (Wildman–Crippen LogP) is 4.62. The van der Waals surface area contributed by atoms with Gasteiger partial charge < -0.3 is 19.9 Å². The van der Waals surface area contributed by atoms with Crippen molar-refractivity contribution < 1.29 is 23.8 Å². The lowest BCUT2D eigenvalue weighted by atomic mass is 10.1. The number of aromatic nitrogens is 1. The van der Waals surface area contributed by atoms with Gasteiger partial charge in [0.05, 0.1) is 12.6 Å². The van der Waals surface area contributed by atoms with Crippen molar-refractivity contribution in [2.24, 2.45) is 5.41 Å². The van der Waals surface area contributed by atoms with E-state index in [-0.39, 0.29) is 28.6 Å². The third kappa shape index (κ3) is 3.31. The van der Waals surface area contributed by atoms with Crippen molar-refractivity contribution in [3.05, 3.63) is 48.4 Å². The highest BCUT2D eigenvalue weighted by Crippen LogP contribution is 2.46. The lowest BCUT2D eigenvalue weighted by Crippen LogP contribution is -2.21. The second kappa shape index (κ2) is 6.67. The van der Waals surface area contributed by atoms with Crippen molar-refractivity contribution in [1.82, 2.24) is 4.98 Å². The first-order chi connectivity index (χ1) is 13.4. The molecule has 1 aliphatic rings. The number of rotatable bonds is 5. The van der Waals surface area contributed by atoms with Crippen LogP contribution in [0.15, 0.2) is 42.6 Å². The summed E-state index contributed by atoms with van der Waals surface area (Å²) in [5.74, 6) is -0.165. The maximum Gasteiger partial charge on any atom is 0.230 e. The molecule has 6 nitrogen and oxygen atoms in total. The van der Waals surface area contributed by atoms with Gasteiger partial charge in [0.15, 0.2) is 23.1 Å². The Morgan fingerprint density at radius 2 is 1.96 bits per heavy atom. The number of nitrogens with one attached hydrogen (secondary N) is 1. The first kappa shape index (κ1) is 18.0. The van der Waals surface area contributed by atoms with Crippen LogP contribution >= 0.6 is 0 Å². The van der Waals surface area contributed by atoms with E-state index in [2.05, 4.69) is 10.3 Å². The third-order valence-electron chi connectivity index (χ3n) is 4.96. The van der Waals surface area contributed by atoms with E-state index in [1.165, 1.54) is 31.5 Å². The highest BCUT2D eigenvalue weighted by Gasteiger charge is 2.44. The molecule has 0 atom stereocenters.